The fourth-order valence-electron chi connectivity index (χ4n) is 4.46. The van der Waals surface area contributed by atoms with E-state index in [1.54, 1.807) is 12.1 Å². The number of amides is 1. The summed E-state index contributed by atoms with van der Waals surface area (Å²) in [7, 11) is 0. The zero-order valence-corrected chi connectivity index (χ0v) is 20.1. The van der Waals surface area contributed by atoms with Gasteiger partial charge in [0.25, 0.3) is 5.89 Å². The molecule has 2 atom stereocenters. The molecular formula is C27H29N3O5. The van der Waals surface area contributed by atoms with Crippen molar-refractivity contribution in [2.24, 2.45) is 0 Å². The van der Waals surface area contributed by atoms with Crippen LogP contribution in [0.5, 0.6) is 0 Å². The van der Waals surface area contributed by atoms with Gasteiger partial charge in [0.1, 0.15) is 5.60 Å². The molecule has 0 bridgehead atoms. The van der Waals surface area contributed by atoms with E-state index in [-0.39, 0.29) is 29.0 Å². The fourth-order valence-corrected chi connectivity index (χ4v) is 4.46. The van der Waals surface area contributed by atoms with E-state index in [4.69, 9.17) is 14.4 Å². The summed E-state index contributed by atoms with van der Waals surface area (Å²) in [5.41, 5.74) is 1.11. The van der Waals surface area contributed by atoms with Gasteiger partial charge in [0.2, 0.25) is 0 Å². The zero-order chi connectivity index (χ0) is 24.8. The molecular weight excluding hydrogens is 446 g/mol. The highest BCUT2D eigenvalue weighted by Crippen LogP contribution is 2.52. The molecule has 1 aromatic heterocycles. The van der Waals surface area contributed by atoms with E-state index in [9.17, 15) is 9.59 Å². The summed E-state index contributed by atoms with van der Waals surface area (Å²) in [6, 6.07) is 16.6. The van der Waals surface area contributed by atoms with Crippen LogP contribution >= 0.6 is 0 Å². The van der Waals surface area contributed by atoms with Crippen LogP contribution in [0.1, 0.15) is 67.7 Å². The lowest BCUT2D eigenvalue weighted by Crippen LogP contribution is -2.43. The Labute approximate surface area is 203 Å². The molecule has 2 saturated carbocycles. The number of aromatic nitrogens is 2. The molecule has 0 radical (unpaired) electrons. The molecule has 0 saturated heterocycles. The Hall–Kier alpha value is -3.68. The summed E-state index contributed by atoms with van der Waals surface area (Å²) in [5, 5.41) is 13.4. The monoisotopic (exact) mass is 475 g/mol. The van der Waals surface area contributed by atoms with Gasteiger partial charge < -0.3 is 19.3 Å². The van der Waals surface area contributed by atoms with Crippen LogP contribution < -0.4 is 0 Å². The average Bonchev–Trinajstić information content (AvgIpc) is 3.73. The summed E-state index contributed by atoms with van der Waals surface area (Å²) >= 11 is 0. The summed E-state index contributed by atoms with van der Waals surface area (Å²) in [6.45, 7) is 6.09. The lowest BCUT2D eigenvalue weighted by atomic mass is 10.1. The Kier molecular flexibility index (Phi) is 5.62. The Morgan fingerprint density at radius 1 is 1.11 bits per heavy atom. The third-order valence-electron chi connectivity index (χ3n) is 6.62. The number of ether oxygens (including phenoxy) is 1. The minimum atomic E-state index is -0.990. The molecule has 2 aromatic carbocycles. The van der Waals surface area contributed by atoms with Crippen molar-refractivity contribution in [3.8, 4) is 11.5 Å². The van der Waals surface area contributed by atoms with Crippen LogP contribution in [-0.2, 0) is 10.2 Å². The molecule has 35 heavy (non-hydrogen) atoms. The van der Waals surface area contributed by atoms with Crippen molar-refractivity contribution in [1.82, 2.24) is 15.0 Å². The van der Waals surface area contributed by atoms with Gasteiger partial charge in [0.15, 0.2) is 5.82 Å². The molecule has 1 amide bonds. The standard InChI is InChI=1S/C27H29N3O5/c1-26(2,3)34-25(33)30(21-15-20(21)17-7-5-4-6-8-17)16-27(13-14-27)24-28-22(35-29-24)18-9-11-19(12-10-18)23(31)32/h4-12,20-21H,13-16H2,1-3H3,(H,31,32)/t20?,21-/m0/s1. The van der Waals surface area contributed by atoms with E-state index in [1.807, 2.05) is 43.9 Å². The van der Waals surface area contributed by atoms with Gasteiger partial charge in [0.05, 0.1) is 11.0 Å². The van der Waals surface area contributed by atoms with E-state index < -0.39 is 11.6 Å². The van der Waals surface area contributed by atoms with E-state index >= 15 is 0 Å². The van der Waals surface area contributed by atoms with Gasteiger partial charge in [-0.15, -0.1) is 0 Å². The third-order valence-corrected chi connectivity index (χ3v) is 6.62. The smallest absolute Gasteiger partial charge is 0.410 e. The van der Waals surface area contributed by atoms with Crippen molar-refractivity contribution in [3.63, 3.8) is 0 Å². The highest BCUT2D eigenvalue weighted by molar-refractivity contribution is 5.88. The van der Waals surface area contributed by atoms with Crippen LogP contribution in [-0.4, -0.2) is 50.4 Å². The van der Waals surface area contributed by atoms with Gasteiger partial charge in [-0.3, -0.25) is 0 Å². The average molecular weight is 476 g/mol. The second kappa shape index (κ2) is 8.52. The number of hydrogen-bond acceptors (Lipinski definition) is 6. The first kappa shape index (κ1) is 23.1. The number of carbonyl (C=O) groups is 2. The van der Waals surface area contributed by atoms with E-state index in [0.717, 1.165) is 19.3 Å². The first-order valence-corrected chi connectivity index (χ1v) is 11.9. The summed E-state index contributed by atoms with van der Waals surface area (Å²) in [5.74, 6) is 0.199. The maximum Gasteiger partial charge on any atom is 0.410 e. The lowest BCUT2D eigenvalue weighted by molar-refractivity contribution is 0.0208. The van der Waals surface area contributed by atoms with E-state index in [2.05, 4.69) is 22.3 Å². The number of benzene rings is 2. The predicted octanol–water partition coefficient (Wildman–Crippen LogP) is 5.26. The lowest BCUT2D eigenvalue weighted by Gasteiger charge is -2.30. The number of nitrogens with zero attached hydrogens (tertiary/aromatic N) is 3. The predicted molar refractivity (Wildman–Crippen MR) is 128 cm³/mol. The first-order valence-electron chi connectivity index (χ1n) is 11.9. The van der Waals surface area contributed by atoms with Gasteiger partial charge >= 0.3 is 12.1 Å². The fraction of sp³-hybridized carbons (Fsp3) is 0.407. The van der Waals surface area contributed by atoms with Crippen LogP contribution in [0, 0.1) is 0 Å². The molecule has 1 N–H and O–H groups in total. The minimum Gasteiger partial charge on any atom is -0.478 e. The minimum absolute atomic E-state index is 0.0691. The highest BCUT2D eigenvalue weighted by atomic mass is 16.6. The van der Waals surface area contributed by atoms with Gasteiger partial charge in [0, 0.05) is 24.1 Å². The van der Waals surface area contributed by atoms with Crippen molar-refractivity contribution >= 4 is 12.1 Å². The number of aromatic carboxylic acids is 1. The van der Waals surface area contributed by atoms with E-state index in [0.29, 0.717) is 23.8 Å². The Morgan fingerprint density at radius 2 is 1.80 bits per heavy atom. The van der Waals surface area contributed by atoms with Crippen LogP contribution in [0.25, 0.3) is 11.5 Å². The molecule has 182 valence electrons. The number of carboxylic acids is 1. The molecule has 2 aliphatic rings. The zero-order valence-electron chi connectivity index (χ0n) is 20.1. The molecule has 1 heterocycles. The third kappa shape index (κ3) is 4.92. The molecule has 0 aliphatic heterocycles. The Balaban J connectivity index is 1.36. The van der Waals surface area contributed by atoms with Crippen molar-refractivity contribution in [2.75, 3.05) is 6.54 Å². The molecule has 5 rings (SSSR count). The number of rotatable bonds is 7. The largest absolute Gasteiger partial charge is 0.478 e. The summed E-state index contributed by atoms with van der Waals surface area (Å²) in [4.78, 5) is 30.9. The highest BCUT2D eigenvalue weighted by Gasteiger charge is 2.55. The molecule has 2 fully saturated rings. The van der Waals surface area contributed by atoms with E-state index in [1.165, 1.54) is 17.7 Å². The Bertz CT molecular complexity index is 1230. The number of carboxylic acid groups (broad SMARTS) is 1. The van der Waals surface area contributed by atoms with Gasteiger partial charge in [-0.05, 0) is 69.9 Å². The van der Waals surface area contributed by atoms with Crippen molar-refractivity contribution in [3.05, 3.63) is 71.5 Å². The maximum atomic E-state index is 13.3. The molecule has 8 heteroatoms. The second-order valence-electron chi connectivity index (χ2n) is 10.5. The van der Waals surface area contributed by atoms with Gasteiger partial charge in [-0.2, -0.15) is 4.98 Å². The molecule has 0 spiro atoms. The SMILES string of the molecule is CC(C)(C)OC(=O)N(CC1(c2noc(-c3ccc(C(=O)O)cc3)n2)CC1)[C@H]1CC1c1ccccc1. The molecule has 2 aliphatic carbocycles. The van der Waals surface area contributed by atoms with Crippen molar-refractivity contribution in [2.45, 2.75) is 63.0 Å². The normalized spacial score (nSPS) is 20.2. The number of carbonyl (C=O) groups excluding carboxylic acids is 1. The topological polar surface area (TPSA) is 106 Å². The van der Waals surface area contributed by atoms with Crippen molar-refractivity contribution < 1.29 is 24.0 Å². The molecule has 3 aromatic rings. The van der Waals surface area contributed by atoms with Crippen molar-refractivity contribution in [1.29, 1.82) is 0 Å². The molecule has 1 unspecified atom stereocenters. The van der Waals surface area contributed by atoms with Gasteiger partial charge in [-0.1, -0.05) is 35.5 Å². The summed E-state index contributed by atoms with van der Waals surface area (Å²) in [6.07, 6.45) is 2.28. The van der Waals surface area contributed by atoms with Gasteiger partial charge in [-0.25, -0.2) is 9.59 Å². The van der Waals surface area contributed by atoms with Crippen LogP contribution in [0.4, 0.5) is 4.79 Å². The molecule has 8 nitrogen and oxygen atoms in total. The quantitative estimate of drug-likeness (QED) is 0.497. The van der Waals surface area contributed by atoms with Crippen LogP contribution in [0.15, 0.2) is 59.1 Å². The Morgan fingerprint density at radius 3 is 2.40 bits per heavy atom. The van der Waals surface area contributed by atoms with Crippen LogP contribution in [0.2, 0.25) is 0 Å². The maximum absolute atomic E-state index is 13.3. The van der Waals surface area contributed by atoms with Crippen LogP contribution in [0.3, 0.4) is 0 Å². The first-order chi connectivity index (χ1) is 16.7. The number of hydrogen-bond donors (Lipinski definition) is 1. The second-order valence-corrected chi connectivity index (χ2v) is 10.5. The summed E-state index contributed by atoms with van der Waals surface area (Å²) < 4.78 is 11.3.